The third-order valence-corrected chi connectivity index (χ3v) is 4.23. The highest BCUT2D eigenvalue weighted by molar-refractivity contribution is 6.74. The van der Waals surface area contributed by atoms with Crippen molar-refractivity contribution in [1.29, 1.82) is 0 Å². The van der Waals surface area contributed by atoms with Crippen molar-refractivity contribution in [2.45, 2.75) is 45.3 Å². The van der Waals surface area contributed by atoms with E-state index in [0.717, 1.165) is 6.42 Å². The Bertz CT molecular complexity index is 112. The number of hydrogen-bond acceptors (Lipinski definition) is 1. The highest BCUT2D eigenvalue weighted by Gasteiger charge is 2.11. The van der Waals surface area contributed by atoms with Crippen molar-refractivity contribution >= 4 is 19.9 Å². The quantitative estimate of drug-likeness (QED) is 0.441. The summed E-state index contributed by atoms with van der Waals surface area (Å²) < 4.78 is 0.584. The molecule has 0 heterocycles. The lowest BCUT2D eigenvalue weighted by Gasteiger charge is -2.04. The zero-order valence-electron chi connectivity index (χ0n) is 8.02. The second kappa shape index (κ2) is 6.88. The maximum atomic E-state index is 11.3. The van der Waals surface area contributed by atoms with Gasteiger partial charge >= 0.3 is 15.2 Å². The molecule has 0 spiro atoms. The molecular formula is C9H19AlO. The molecule has 1 atom stereocenters. The molecule has 0 saturated heterocycles. The van der Waals surface area contributed by atoms with E-state index >= 15 is 0 Å². The predicted octanol–water partition coefficient (Wildman–Crippen LogP) is 2.21. The molecule has 0 radical (unpaired) electrons. The molecule has 0 amide bonds. The average Bonchev–Trinajstić information content (AvgIpc) is 2.03. The molecular weight excluding hydrogens is 151 g/mol. The van der Waals surface area contributed by atoms with E-state index in [1.165, 1.54) is 18.1 Å². The summed E-state index contributed by atoms with van der Waals surface area (Å²) in [5.41, 5.74) is 0. The van der Waals surface area contributed by atoms with E-state index in [1.54, 1.807) is 0 Å². The number of hydrogen-bond donors (Lipinski definition) is 0. The first kappa shape index (κ1) is 11.2. The van der Waals surface area contributed by atoms with Crippen molar-refractivity contribution in [2.75, 3.05) is 0 Å². The van der Waals surface area contributed by atoms with Gasteiger partial charge in [0.25, 0.3) is 0 Å². The van der Waals surface area contributed by atoms with Crippen molar-refractivity contribution in [3.05, 3.63) is 0 Å². The third-order valence-electron chi connectivity index (χ3n) is 2.19. The predicted molar refractivity (Wildman–Crippen MR) is 51.3 cm³/mol. The molecule has 0 aliphatic heterocycles. The molecule has 1 nitrogen and oxygen atoms in total. The average molecular weight is 170 g/mol. The summed E-state index contributed by atoms with van der Waals surface area (Å²) in [5.74, 6) is 0.346. The fraction of sp³-hybridized carbons (Fsp3) is 0.889. The SMILES string of the molecule is CCC[CH2][AlH][C](=O)C(C)CC. The Hall–Kier alpha value is 0.202. The second-order valence-corrected chi connectivity index (χ2v) is 5.14. The van der Waals surface area contributed by atoms with Gasteiger partial charge in [-0.3, -0.25) is 0 Å². The first-order valence-electron chi connectivity index (χ1n) is 4.75. The van der Waals surface area contributed by atoms with Gasteiger partial charge in [-0.05, 0) is 12.3 Å². The topological polar surface area (TPSA) is 17.1 Å². The first-order valence-corrected chi connectivity index (χ1v) is 6.45. The molecule has 64 valence electrons. The van der Waals surface area contributed by atoms with Crippen LogP contribution in [0.15, 0.2) is 0 Å². The number of rotatable bonds is 6. The molecule has 0 aromatic heterocycles. The normalized spacial score (nSPS) is 12.6. The maximum absolute atomic E-state index is 11.3. The standard InChI is InChI=1S/C5H9O.C4H9.Al.H/c1-3-5(2)4-6;1-3-4-2;;/h5H,3H2,1-2H3;1,3-4H2,2H3;;. The van der Waals surface area contributed by atoms with Gasteiger partial charge in [0, 0.05) is 4.65 Å². The van der Waals surface area contributed by atoms with Gasteiger partial charge in [0.15, 0.2) is 0 Å². The van der Waals surface area contributed by atoms with E-state index in [2.05, 4.69) is 20.8 Å². The molecule has 0 bridgehead atoms. The lowest BCUT2D eigenvalue weighted by molar-refractivity contribution is -0.115. The summed E-state index contributed by atoms with van der Waals surface area (Å²) >= 11 is -0.373. The van der Waals surface area contributed by atoms with Crippen LogP contribution < -0.4 is 0 Å². The Morgan fingerprint density at radius 1 is 1.45 bits per heavy atom. The van der Waals surface area contributed by atoms with Crippen LogP contribution in [0.1, 0.15) is 40.0 Å². The van der Waals surface area contributed by atoms with Crippen molar-refractivity contribution in [3.63, 3.8) is 0 Å². The monoisotopic (exact) mass is 170 g/mol. The summed E-state index contributed by atoms with van der Waals surface area (Å²) in [6, 6.07) is 0. The molecule has 0 fully saturated rings. The van der Waals surface area contributed by atoms with E-state index in [1.807, 2.05) is 0 Å². The minimum Gasteiger partial charge on any atom is -0.321 e. The molecule has 0 N–H and O–H groups in total. The van der Waals surface area contributed by atoms with Crippen LogP contribution in [0.25, 0.3) is 0 Å². The largest absolute Gasteiger partial charge is 0.343 e. The van der Waals surface area contributed by atoms with Crippen LogP contribution in [0.5, 0.6) is 0 Å². The number of carbonyl (C=O) groups is 1. The summed E-state index contributed by atoms with van der Waals surface area (Å²) in [4.78, 5) is 11.3. The van der Waals surface area contributed by atoms with E-state index in [-0.39, 0.29) is 15.2 Å². The van der Waals surface area contributed by atoms with Gasteiger partial charge in [0.1, 0.15) is 0 Å². The van der Waals surface area contributed by atoms with Crippen LogP contribution in [-0.4, -0.2) is 19.9 Å². The van der Waals surface area contributed by atoms with Crippen LogP contribution in [0.3, 0.4) is 0 Å². The van der Waals surface area contributed by atoms with Gasteiger partial charge in [0.2, 0.25) is 0 Å². The lowest BCUT2D eigenvalue weighted by Crippen LogP contribution is -2.17. The Balaban J connectivity index is 3.36. The Morgan fingerprint density at radius 2 is 2.09 bits per heavy atom. The minimum atomic E-state index is -0.373. The molecule has 0 aromatic carbocycles. The fourth-order valence-corrected chi connectivity index (χ4v) is 2.90. The molecule has 0 aliphatic rings. The van der Waals surface area contributed by atoms with Gasteiger partial charge in [-0.15, -0.1) is 0 Å². The van der Waals surface area contributed by atoms with Crippen LogP contribution in [0.2, 0.25) is 5.28 Å². The van der Waals surface area contributed by atoms with Crippen molar-refractivity contribution in [1.82, 2.24) is 0 Å². The van der Waals surface area contributed by atoms with Gasteiger partial charge in [-0.25, -0.2) is 0 Å². The molecule has 1 unspecified atom stereocenters. The summed E-state index contributed by atoms with van der Waals surface area (Å²) in [6.07, 6.45) is 3.52. The van der Waals surface area contributed by atoms with Crippen LogP contribution in [0, 0.1) is 5.92 Å². The molecule has 11 heavy (non-hydrogen) atoms. The highest BCUT2D eigenvalue weighted by Crippen LogP contribution is 2.03. The van der Waals surface area contributed by atoms with Crippen molar-refractivity contribution in [2.24, 2.45) is 5.92 Å². The Morgan fingerprint density at radius 3 is 2.55 bits per heavy atom. The highest BCUT2D eigenvalue weighted by atomic mass is 27.1. The Kier molecular flexibility index (Phi) is 7.01. The van der Waals surface area contributed by atoms with Gasteiger partial charge < -0.3 is 4.79 Å². The number of unbranched alkanes of at least 4 members (excludes halogenated alkanes) is 1. The van der Waals surface area contributed by atoms with E-state index in [4.69, 9.17) is 0 Å². The van der Waals surface area contributed by atoms with Gasteiger partial charge in [0.05, 0.1) is 0 Å². The summed E-state index contributed by atoms with van der Waals surface area (Å²) in [7, 11) is 0. The zero-order chi connectivity index (χ0) is 8.69. The fourth-order valence-electron chi connectivity index (χ4n) is 1.02. The minimum absolute atomic E-state index is 0.346. The molecule has 2 heteroatoms. The van der Waals surface area contributed by atoms with Crippen LogP contribution in [0.4, 0.5) is 0 Å². The summed E-state index contributed by atoms with van der Waals surface area (Å²) in [6.45, 7) is 6.33. The molecule has 0 saturated carbocycles. The van der Waals surface area contributed by atoms with Gasteiger partial charge in [-0.2, -0.15) is 0 Å². The van der Waals surface area contributed by atoms with Crippen LogP contribution in [-0.2, 0) is 4.79 Å². The van der Waals surface area contributed by atoms with Crippen molar-refractivity contribution < 1.29 is 4.79 Å². The third kappa shape index (κ3) is 5.47. The van der Waals surface area contributed by atoms with Gasteiger partial charge in [-0.1, -0.05) is 38.9 Å². The Labute approximate surface area is 76.3 Å². The second-order valence-electron chi connectivity index (χ2n) is 3.23. The maximum Gasteiger partial charge on any atom is 0.343 e. The molecule has 0 aliphatic carbocycles. The van der Waals surface area contributed by atoms with Crippen LogP contribution >= 0.6 is 0 Å². The van der Waals surface area contributed by atoms with E-state index in [9.17, 15) is 4.79 Å². The van der Waals surface area contributed by atoms with E-state index < -0.39 is 0 Å². The smallest absolute Gasteiger partial charge is 0.321 e. The molecule has 0 aromatic rings. The van der Waals surface area contributed by atoms with E-state index in [0.29, 0.717) is 10.6 Å². The number of carbonyl (C=O) groups excluding carboxylic acids is 1. The lowest BCUT2D eigenvalue weighted by atomic mass is 10.1. The molecule has 0 rings (SSSR count). The zero-order valence-corrected chi connectivity index (χ0v) is 9.44. The summed E-state index contributed by atoms with van der Waals surface area (Å²) in [5, 5.41) is 1.22. The first-order chi connectivity index (χ1) is 5.22. The van der Waals surface area contributed by atoms with Crippen molar-refractivity contribution in [3.8, 4) is 0 Å².